The Morgan fingerprint density at radius 1 is 1.50 bits per heavy atom. The zero-order chi connectivity index (χ0) is 12.5. The molecule has 1 unspecified atom stereocenters. The molecule has 1 fully saturated rings. The Bertz CT molecular complexity index is 445. The molecule has 1 saturated heterocycles. The van der Waals surface area contributed by atoms with Gasteiger partial charge in [0.1, 0.15) is 5.82 Å². The van der Waals surface area contributed by atoms with E-state index in [9.17, 15) is 9.18 Å². The minimum absolute atomic E-state index is 0. The molecule has 1 aliphatic heterocycles. The Labute approximate surface area is 113 Å². The summed E-state index contributed by atoms with van der Waals surface area (Å²) in [6, 6.07) is 4.71. The van der Waals surface area contributed by atoms with Gasteiger partial charge in [0, 0.05) is 6.54 Å². The van der Waals surface area contributed by atoms with Crippen LogP contribution in [0.4, 0.5) is 10.1 Å². The molecular weight excluding hydrogens is 255 g/mol. The first kappa shape index (κ1) is 14.9. The maximum absolute atomic E-state index is 13.5. The molecule has 0 aromatic heterocycles. The molecule has 3 nitrogen and oxygen atoms in total. The SMILES string of the molecule is Cc1ccc(F)c(NC(=O)C2(C)CCNC2)c1.Cl. The van der Waals surface area contributed by atoms with Crippen LogP contribution < -0.4 is 10.6 Å². The van der Waals surface area contributed by atoms with Crippen molar-refractivity contribution in [1.29, 1.82) is 0 Å². The fraction of sp³-hybridized carbons (Fsp3) is 0.462. The lowest BCUT2D eigenvalue weighted by atomic mass is 9.88. The molecule has 1 amide bonds. The number of anilines is 1. The van der Waals surface area contributed by atoms with Gasteiger partial charge in [0.05, 0.1) is 11.1 Å². The number of halogens is 2. The quantitative estimate of drug-likeness (QED) is 0.869. The highest BCUT2D eigenvalue weighted by Gasteiger charge is 2.36. The second kappa shape index (κ2) is 5.67. The van der Waals surface area contributed by atoms with Crippen LogP contribution in [-0.2, 0) is 4.79 Å². The van der Waals surface area contributed by atoms with E-state index >= 15 is 0 Å². The van der Waals surface area contributed by atoms with Crippen LogP contribution in [0.5, 0.6) is 0 Å². The van der Waals surface area contributed by atoms with Crippen molar-refractivity contribution in [3.05, 3.63) is 29.6 Å². The van der Waals surface area contributed by atoms with E-state index in [-0.39, 0.29) is 24.0 Å². The number of benzene rings is 1. The van der Waals surface area contributed by atoms with E-state index in [1.807, 2.05) is 13.8 Å². The number of rotatable bonds is 2. The van der Waals surface area contributed by atoms with E-state index < -0.39 is 11.2 Å². The van der Waals surface area contributed by atoms with Crippen LogP contribution >= 0.6 is 12.4 Å². The Hall–Kier alpha value is -1.13. The summed E-state index contributed by atoms with van der Waals surface area (Å²) in [6.45, 7) is 5.25. The molecule has 0 radical (unpaired) electrons. The normalized spacial score (nSPS) is 22.4. The Balaban J connectivity index is 0.00000162. The third kappa shape index (κ3) is 3.00. The van der Waals surface area contributed by atoms with Crippen LogP contribution in [0.3, 0.4) is 0 Å². The lowest BCUT2D eigenvalue weighted by Gasteiger charge is -2.21. The smallest absolute Gasteiger partial charge is 0.231 e. The maximum atomic E-state index is 13.5. The first-order chi connectivity index (χ1) is 8.01. The maximum Gasteiger partial charge on any atom is 0.231 e. The Kier molecular flexibility index (Phi) is 4.71. The van der Waals surface area contributed by atoms with E-state index in [0.29, 0.717) is 6.54 Å². The van der Waals surface area contributed by atoms with Gasteiger partial charge < -0.3 is 10.6 Å². The van der Waals surface area contributed by atoms with Crippen LogP contribution in [-0.4, -0.2) is 19.0 Å². The van der Waals surface area contributed by atoms with E-state index in [1.165, 1.54) is 6.07 Å². The molecule has 1 heterocycles. The number of nitrogens with one attached hydrogen (secondary N) is 2. The standard InChI is InChI=1S/C13H17FN2O.ClH/c1-9-3-4-10(14)11(7-9)16-12(17)13(2)5-6-15-8-13;/h3-4,7,15H,5-6,8H2,1-2H3,(H,16,17);1H. The van der Waals surface area contributed by atoms with Crippen LogP contribution in [0.15, 0.2) is 18.2 Å². The van der Waals surface area contributed by atoms with Crippen LogP contribution in [0, 0.1) is 18.2 Å². The van der Waals surface area contributed by atoms with E-state index in [4.69, 9.17) is 0 Å². The van der Waals surface area contributed by atoms with Gasteiger partial charge in [0.25, 0.3) is 0 Å². The minimum atomic E-state index is -0.434. The second-order valence-electron chi connectivity index (χ2n) is 4.92. The van der Waals surface area contributed by atoms with Crippen molar-refractivity contribution in [3.8, 4) is 0 Å². The summed E-state index contributed by atoms with van der Waals surface area (Å²) >= 11 is 0. The van der Waals surface area contributed by atoms with Crippen molar-refractivity contribution in [2.24, 2.45) is 5.41 Å². The fourth-order valence-electron chi connectivity index (χ4n) is 2.02. The summed E-state index contributed by atoms with van der Waals surface area (Å²) in [7, 11) is 0. The molecule has 1 aromatic rings. The number of hydrogen-bond acceptors (Lipinski definition) is 2. The molecule has 100 valence electrons. The molecular formula is C13H18ClFN2O. The molecule has 1 aromatic carbocycles. The molecule has 18 heavy (non-hydrogen) atoms. The molecule has 0 aliphatic carbocycles. The van der Waals surface area contributed by atoms with Gasteiger partial charge in [0.15, 0.2) is 0 Å². The number of amides is 1. The van der Waals surface area contributed by atoms with Crippen LogP contribution in [0.2, 0.25) is 0 Å². The van der Waals surface area contributed by atoms with Gasteiger partial charge in [0.2, 0.25) is 5.91 Å². The predicted molar refractivity (Wildman–Crippen MR) is 72.6 cm³/mol. The number of carbonyl (C=O) groups excluding carboxylic acids is 1. The summed E-state index contributed by atoms with van der Waals surface area (Å²) < 4.78 is 13.5. The highest BCUT2D eigenvalue weighted by Crippen LogP contribution is 2.27. The topological polar surface area (TPSA) is 41.1 Å². The largest absolute Gasteiger partial charge is 0.323 e. The number of carbonyl (C=O) groups is 1. The molecule has 0 spiro atoms. The first-order valence-corrected chi connectivity index (χ1v) is 5.80. The third-order valence-electron chi connectivity index (χ3n) is 3.29. The van der Waals surface area contributed by atoms with Crippen molar-refractivity contribution >= 4 is 24.0 Å². The summed E-state index contributed by atoms with van der Waals surface area (Å²) in [4.78, 5) is 12.1. The van der Waals surface area contributed by atoms with Gasteiger partial charge in [-0.3, -0.25) is 4.79 Å². The van der Waals surface area contributed by atoms with E-state index in [1.54, 1.807) is 12.1 Å². The number of hydrogen-bond donors (Lipinski definition) is 2. The van der Waals surface area contributed by atoms with E-state index in [0.717, 1.165) is 18.5 Å². The Morgan fingerprint density at radius 3 is 2.83 bits per heavy atom. The fourth-order valence-corrected chi connectivity index (χ4v) is 2.02. The highest BCUT2D eigenvalue weighted by molar-refractivity contribution is 5.95. The molecule has 2 rings (SSSR count). The lowest BCUT2D eigenvalue weighted by molar-refractivity contribution is -0.123. The van der Waals surface area contributed by atoms with Gasteiger partial charge >= 0.3 is 0 Å². The average Bonchev–Trinajstić information content (AvgIpc) is 2.72. The first-order valence-electron chi connectivity index (χ1n) is 5.80. The minimum Gasteiger partial charge on any atom is -0.323 e. The zero-order valence-corrected chi connectivity index (χ0v) is 11.4. The van der Waals surface area contributed by atoms with Crippen molar-refractivity contribution in [3.63, 3.8) is 0 Å². The van der Waals surface area contributed by atoms with Gasteiger partial charge in [-0.05, 0) is 44.5 Å². The van der Waals surface area contributed by atoms with Crippen molar-refractivity contribution < 1.29 is 9.18 Å². The number of aryl methyl sites for hydroxylation is 1. The summed E-state index contributed by atoms with van der Waals surface area (Å²) in [6.07, 6.45) is 0.784. The molecule has 5 heteroatoms. The van der Waals surface area contributed by atoms with Gasteiger partial charge in [-0.15, -0.1) is 12.4 Å². The zero-order valence-electron chi connectivity index (χ0n) is 10.5. The third-order valence-corrected chi connectivity index (χ3v) is 3.29. The monoisotopic (exact) mass is 272 g/mol. The molecule has 1 atom stereocenters. The molecule has 2 N–H and O–H groups in total. The van der Waals surface area contributed by atoms with Gasteiger partial charge in [-0.1, -0.05) is 6.07 Å². The molecule has 0 saturated carbocycles. The lowest BCUT2D eigenvalue weighted by Crippen LogP contribution is -2.35. The molecule has 0 bridgehead atoms. The van der Waals surface area contributed by atoms with Gasteiger partial charge in [-0.25, -0.2) is 4.39 Å². The summed E-state index contributed by atoms with van der Waals surface area (Å²) in [5, 5.41) is 5.83. The second-order valence-corrected chi connectivity index (χ2v) is 4.92. The molecule has 1 aliphatic rings. The van der Waals surface area contributed by atoms with E-state index in [2.05, 4.69) is 10.6 Å². The van der Waals surface area contributed by atoms with Crippen molar-refractivity contribution in [2.45, 2.75) is 20.3 Å². The average molecular weight is 273 g/mol. The Morgan fingerprint density at radius 2 is 2.22 bits per heavy atom. The predicted octanol–water partition coefficient (Wildman–Crippen LogP) is 2.49. The van der Waals surface area contributed by atoms with Crippen molar-refractivity contribution in [2.75, 3.05) is 18.4 Å². The van der Waals surface area contributed by atoms with Crippen molar-refractivity contribution in [1.82, 2.24) is 5.32 Å². The van der Waals surface area contributed by atoms with Crippen LogP contribution in [0.1, 0.15) is 18.9 Å². The summed E-state index contributed by atoms with van der Waals surface area (Å²) in [5.74, 6) is -0.509. The highest BCUT2D eigenvalue weighted by atomic mass is 35.5. The van der Waals surface area contributed by atoms with Gasteiger partial charge in [-0.2, -0.15) is 0 Å². The summed E-state index contributed by atoms with van der Waals surface area (Å²) in [5.41, 5.74) is 0.760. The van der Waals surface area contributed by atoms with Crippen LogP contribution in [0.25, 0.3) is 0 Å².